The molecule has 5 heterocycles. The number of amides is 1. The highest BCUT2D eigenvalue weighted by Crippen LogP contribution is 2.38. The first kappa shape index (κ1) is 28.1. The molecule has 12 heteroatoms. The lowest BCUT2D eigenvalue weighted by molar-refractivity contribution is 0.0416. The number of alkyl carbamates (subject to hydrolysis) is 1. The number of pyridine rings is 1. The van der Waals surface area contributed by atoms with Crippen molar-refractivity contribution >= 4 is 28.8 Å². The topological polar surface area (TPSA) is 123 Å². The van der Waals surface area contributed by atoms with Gasteiger partial charge in [0.05, 0.1) is 0 Å². The van der Waals surface area contributed by atoms with E-state index in [1.165, 1.54) is 6.33 Å². The van der Waals surface area contributed by atoms with Gasteiger partial charge in [0.25, 0.3) is 0 Å². The molecule has 0 unspecified atom stereocenters. The molecule has 1 saturated carbocycles. The van der Waals surface area contributed by atoms with E-state index < -0.39 is 5.60 Å². The van der Waals surface area contributed by atoms with Gasteiger partial charge in [0, 0.05) is 49.8 Å². The normalized spacial score (nSPS) is 20.2. The molecule has 1 aliphatic carbocycles. The summed E-state index contributed by atoms with van der Waals surface area (Å²) in [6.45, 7) is 10.3. The van der Waals surface area contributed by atoms with Crippen molar-refractivity contribution in [1.29, 1.82) is 0 Å². The number of likely N-dealkylation sites (tertiary alicyclic amines) is 1. The Hall–Kier alpha value is -4.71. The molecule has 7 rings (SSSR count). The number of benzene rings is 1. The van der Waals surface area contributed by atoms with Crippen LogP contribution in [-0.4, -0.2) is 64.9 Å². The average Bonchev–Trinajstić information content (AvgIpc) is 3.65. The molecule has 1 saturated heterocycles. The third-order valence-electron chi connectivity index (χ3n) is 8.44. The first-order valence-corrected chi connectivity index (χ1v) is 15.1. The number of carbonyl (C=O) groups is 1. The predicted octanol–water partition coefficient (Wildman–Crippen LogP) is 5.35. The summed E-state index contributed by atoms with van der Waals surface area (Å²) in [6, 6.07) is 12.0. The maximum Gasteiger partial charge on any atom is 0.407 e. The molecule has 2 N–H and O–H groups in total. The van der Waals surface area contributed by atoms with Gasteiger partial charge in [-0.25, -0.2) is 23.8 Å². The van der Waals surface area contributed by atoms with Gasteiger partial charge in [0.2, 0.25) is 0 Å². The maximum atomic E-state index is 12.5. The van der Waals surface area contributed by atoms with Gasteiger partial charge in [-0.15, -0.1) is 0 Å². The van der Waals surface area contributed by atoms with Gasteiger partial charge in [-0.3, -0.25) is 4.90 Å². The number of carbonyl (C=O) groups excluding carboxylic acids is 1. The molecule has 4 aromatic heterocycles. The molecule has 2 aliphatic rings. The van der Waals surface area contributed by atoms with Gasteiger partial charge in [-0.05, 0) is 93.8 Å². The zero-order chi connectivity index (χ0) is 30.4. The van der Waals surface area contributed by atoms with Crippen LogP contribution in [0, 0.1) is 18.8 Å². The number of fused-ring (bicyclic) bond motifs is 4. The minimum atomic E-state index is -0.503. The van der Waals surface area contributed by atoms with E-state index in [1.807, 2.05) is 74.9 Å². The van der Waals surface area contributed by atoms with E-state index in [-0.39, 0.29) is 12.1 Å². The molecule has 2 fully saturated rings. The molecule has 0 radical (unpaired) electrons. The molecule has 1 aromatic carbocycles. The Balaban J connectivity index is 1.04. The monoisotopic (exact) mass is 595 g/mol. The highest BCUT2D eigenvalue weighted by atomic mass is 16.6. The minimum absolute atomic E-state index is 0.160. The van der Waals surface area contributed by atoms with E-state index >= 15 is 0 Å². The number of nitrogens with one attached hydrogen (secondary N) is 2. The van der Waals surface area contributed by atoms with Crippen LogP contribution in [0.5, 0.6) is 11.5 Å². The summed E-state index contributed by atoms with van der Waals surface area (Å²) in [6.07, 6.45) is 8.80. The Morgan fingerprint density at radius 2 is 1.73 bits per heavy atom. The fourth-order valence-electron chi connectivity index (χ4n) is 6.57. The lowest BCUT2D eigenvalue weighted by Gasteiger charge is -2.38. The van der Waals surface area contributed by atoms with Crippen LogP contribution in [0.1, 0.15) is 44.7 Å². The summed E-state index contributed by atoms with van der Waals surface area (Å²) in [4.78, 5) is 23.8. The Morgan fingerprint density at radius 3 is 2.50 bits per heavy atom. The van der Waals surface area contributed by atoms with Crippen molar-refractivity contribution in [3.05, 3.63) is 72.6 Å². The molecular formula is C32H37N9O3. The number of ether oxygens (including phenoxy) is 2. The summed E-state index contributed by atoms with van der Waals surface area (Å²) < 4.78 is 15.3. The van der Waals surface area contributed by atoms with Crippen LogP contribution < -0.4 is 15.4 Å². The van der Waals surface area contributed by atoms with E-state index in [0.29, 0.717) is 17.6 Å². The van der Waals surface area contributed by atoms with Crippen molar-refractivity contribution in [2.24, 2.45) is 11.8 Å². The van der Waals surface area contributed by atoms with Gasteiger partial charge in [0.1, 0.15) is 35.3 Å². The number of nitrogens with zero attached hydrogens (tertiary/aromatic N) is 7. The van der Waals surface area contributed by atoms with Gasteiger partial charge in [-0.2, -0.15) is 10.2 Å². The second kappa shape index (κ2) is 11.1. The smallest absolute Gasteiger partial charge is 0.407 e. The van der Waals surface area contributed by atoms with E-state index in [1.54, 1.807) is 10.8 Å². The van der Waals surface area contributed by atoms with Gasteiger partial charge < -0.3 is 20.1 Å². The first-order valence-electron chi connectivity index (χ1n) is 15.1. The average molecular weight is 596 g/mol. The van der Waals surface area contributed by atoms with Gasteiger partial charge in [0.15, 0.2) is 11.5 Å². The van der Waals surface area contributed by atoms with Crippen molar-refractivity contribution in [3.63, 3.8) is 0 Å². The molecule has 2 bridgehead atoms. The van der Waals surface area contributed by atoms with Crippen LogP contribution in [-0.2, 0) is 11.3 Å². The van der Waals surface area contributed by atoms with Gasteiger partial charge in [-0.1, -0.05) is 0 Å². The van der Waals surface area contributed by atoms with E-state index in [4.69, 9.17) is 9.47 Å². The Labute approximate surface area is 255 Å². The number of aryl methyl sites for hydroxylation is 1. The lowest BCUT2D eigenvalue weighted by atomic mass is 9.92. The van der Waals surface area contributed by atoms with Crippen LogP contribution in [0.15, 0.2) is 61.4 Å². The second-order valence-electron chi connectivity index (χ2n) is 12.8. The third kappa shape index (κ3) is 5.77. The SMILES string of the molecule is Cc1cc(Nc2ncnn3ccc(CN4C[C@H]5CC[C@@H](C4)[C@H]5NC(=O)OC(C)(C)C)c23)ccc1Oc1ccn2ncnc2c1. The fraction of sp³-hybridized carbons (Fsp3) is 0.406. The lowest BCUT2D eigenvalue weighted by Crippen LogP contribution is -2.53. The van der Waals surface area contributed by atoms with E-state index in [9.17, 15) is 4.79 Å². The van der Waals surface area contributed by atoms with Crippen molar-refractivity contribution in [2.45, 2.75) is 58.7 Å². The molecule has 1 aliphatic heterocycles. The minimum Gasteiger partial charge on any atom is -0.457 e. The standard InChI is InChI=1S/C32H37N9O3/c1-20-13-24(7-8-26(20)43-25-10-12-40-27(14-25)33-18-35-40)37-30-29-23(9-11-41(29)36-19-34-30)17-39-15-21-5-6-22(16-39)28(21)38-31(42)44-32(2,3)4/h7-14,18-19,21-22,28H,5-6,15-17H2,1-4H3,(H,38,42)(H,34,36,37)/t21-,22+,28+. The summed E-state index contributed by atoms with van der Waals surface area (Å²) in [5.41, 5.74) is 4.22. The quantitative estimate of drug-likeness (QED) is 0.256. The molecule has 1 amide bonds. The van der Waals surface area contributed by atoms with Crippen molar-refractivity contribution in [3.8, 4) is 11.5 Å². The number of anilines is 2. The van der Waals surface area contributed by atoms with Crippen LogP contribution in [0.3, 0.4) is 0 Å². The largest absolute Gasteiger partial charge is 0.457 e. The predicted molar refractivity (Wildman–Crippen MR) is 165 cm³/mol. The summed E-state index contributed by atoms with van der Waals surface area (Å²) in [5, 5.41) is 15.3. The van der Waals surface area contributed by atoms with Crippen LogP contribution in [0.2, 0.25) is 0 Å². The van der Waals surface area contributed by atoms with Crippen molar-refractivity contribution in [2.75, 3.05) is 18.4 Å². The maximum absolute atomic E-state index is 12.5. The Bertz CT molecular complexity index is 1810. The fourth-order valence-corrected chi connectivity index (χ4v) is 6.57. The molecular weight excluding hydrogens is 558 g/mol. The third-order valence-corrected chi connectivity index (χ3v) is 8.44. The van der Waals surface area contributed by atoms with Crippen molar-refractivity contribution < 1.29 is 14.3 Å². The highest BCUT2D eigenvalue weighted by Gasteiger charge is 2.43. The number of aromatic nitrogens is 6. The zero-order valence-corrected chi connectivity index (χ0v) is 25.4. The number of rotatable bonds is 7. The molecule has 3 atom stereocenters. The summed E-state index contributed by atoms with van der Waals surface area (Å²) in [5.74, 6) is 3.02. The van der Waals surface area contributed by atoms with E-state index in [2.05, 4.69) is 41.8 Å². The first-order chi connectivity index (χ1) is 21.2. The second-order valence-corrected chi connectivity index (χ2v) is 12.8. The number of hydrogen-bond donors (Lipinski definition) is 2. The molecule has 228 valence electrons. The van der Waals surface area contributed by atoms with Gasteiger partial charge >= 0.3 is 6.09 Å². The number of hydrogen-bond acceptors (Lipinski definition) is 9. The highest BCUT2D eigenvalue weighted by molar-refractivity contribution is 5.77. The number of piperidine rings is 1. The molecule has 5 aromatic rings. The van der Waals surface area contributed by atoms with Crippen LogP contribution in [0.4, 0.5) is 16.3 Å². The van der Waals surface area contributed by atoms with Crippen molar-refractivity contribution in [1.82, 2.24) is 39.4 Å². The summed E-state index contributed by atoms with van der Waals surface area (Å²) in [7, 11) is 0. The zero-order valence-electron chi connectivity index (χ0n) is 25.4. The van der Waals surface area contributed by atoms with Crippen LogP contribution >= 0.6 is 0 Å². The Morgan fingerprint density at radius 1 is 0.977 bits per heavy atom. The summed E-state index contributed by atoms with van der Waals surface area (Å²) >= 11 is 0. The molecule has 0 spiro atoms. The Kier molecular flexibility index (Phi) is 7.08. The molecule has 44 heavy (non-hydrogen) atoms. The van der Waals surface area contributed by atoms with Crippen LogP contribution in [0.25, 0.3) is 11.2 Å². The molecule has 12 nitrogen and oxygen atoms in total. The van der Waals surface area contributed by atoms with E-state index in [0.717, 1.165) is 72.0 Å².